The first-order valence-electron chi connectivity index (χ1n) is 3.06. The van der Waals surface area contributed by atoms with Crippen molar-refractivity contribution in [1.82, 2.24) is 0 Å². The summed E-state index contributed by atoms with van der Waals surface area (Å²) in [7, 11) is 0. The van der Waals surface area contributed by atoms with Crippen LogP contribution in [-0.2, 0) is 4.74 Å². The lowest BCUT2D eigenvalue weighted by atomic mass is 10.3. The Hall–Kier alpha value is 0.200. The van der Waals surface area contributed by atoms with E-state index in [-0.39, 0.29) is 10.1 Å². The van der Waals surface area contributed by atoms with Crippen LogP contribution in [0.15, 0.2) is 0 Å². The molecule has 0 aromatic heterocycles. The highest BCUT2D eigenvalue weighted by Gasteiger charge is 2.29. The summed E-state index contributed by atoms with van der Waals surface area (Å²) in [6.07, 6.45) is 2.60. The minimum absolute atomic E-state index is 0.148. The monoisotopic (exact) mass is 240 g/mol. The van der Waals surface area contributed by atoms with Crippen molar-refractivity contribution in [1.29, 1.82) is 0 Å². The predicted octanol–water partition coefficient (Wildman–Crippen LogP) is 2.36. The van der Waals surface area contributed by atoms with Gasteiger partial charge in [0.05, 0.1) is 22.6 Å². The van der Waals surface area contributed by atoms with Gasteiger partial charge in [0.2, 0.25) is 0 Å². The van der Waals surface area contributed by atoms with Crippen molar-refractivity contribution in [3.8, 4) is 0 Å². The molecule has 0 aromatic carbocycles. The van der Waals surface area contributed by atoms with E-state index in [1.165, 1.54) is 12.8 Å². The van der Waals surface area contributed by atoms with E-state index in [1.54, 1.807) is 22.6 Å². The number of carbonyl (C=O) groups is 1. The lowest BCUT2D eigenvalue weighted by molar-refractivity contribution is 0.123. The van der Waals surface area contributed by atoms with Crippen LogP contribution >= 0.6 is 22.6 Å². The lowest BCUT2D eigenvalue weighted by Gasteiger charge is -2.07. The average molecular weight is 240 g/mol. The molecule has 1 saturated carbocycles. The van der Waals surface area contributed by atoms with Gasteiger partial charge < -0.3 is 4.74 Å². The van der Waals surface area contributed by atoms with Crippen molar-refractivity contribution >= 4 is 26.6 Å². The summed E-state index contributed by atoms with van der Waals surface area (Å²) in [5.74, 6) is 0.656. The van der Waals surface area contributed by atoms with E-state index in [0.717, 1.165) is 0 Å². The van der Waals surface area contributed by atoms with Crippen molar-refractivity contribution in [2.24, 2.45) is 5.92 Å². The first-order valence-corrected chi connectivity index (χ1v) is 4.14. The fourth-order valence-corrected chi connectivity index (χ4v) is 1.21. The molecule has 1 fully saturated rings. The molecule has 0 spiro atoms. The van der Waals surface area contributed by atoms with Crippen molar-refractivity contribution < 1.29 is 9.53 Å². The summed E-state index contributed by atoms with van der Waals surface area (Å²) in [6.45, 7) is 1.95. The zero-order valence-corrected chi connectivity index (χ0v) is 7.42. The fourth-order valence-electron chi connectivity index (χ4n) is 0.808. The molecule has 52 valence electrons. The van der Waals surface area contributed by atoms with Gasteiger partial charge in [-0.2, -0.15) is 0 Å². The second-order valence-corrected chi connectivity index (χ2v) is 3.28. The number of carbonyl (C=O) groups excluding carboxylic acids is 1. The minimum atomic E-state index is -0.188. The molecule has 0 saturated heterocycles. The lowest BCUT2D eigenvalue weighted by Crippen LogP contribution is -2.11. The zero-order valence-electron chi connectivity index (χ0n) is 5.26. The molecular formula is C6H9IO2. The summed E-state index contributed by atoms with van der Waals surface area (Å²) in [4.78, 5) is 10.4. The molecule has 3 heteroatoms. The van der Waals surface area contributed by atoms with Crippen molar-refractivity contribution in [3.05, 3.63) is 0 Å². The third kappa shape index (κ3) is 2.51. The van der Waals surface area contributed by atoms with Gasteiger partial charge in [0.15, 0.2) is 0 Å². The molecule has 0 aromatic rings. The highest BCUT2D eigenvalue weighted by molar-refractivity contribution is 14.1. The molecule has 0 aliphatic heterocycles. The predicted molar refractivity (Wildman–Crippen MR) is 42.7 cm³/mol. The molecule has 1 aliphatic carbocycles. The molecule has 0 radical (unpaired) electrons. The van der Waals surface area contributed by atoms with E-state index in [2.05, 4.69) is 0 Å². The van der Waals surface area contributed by atoms with Gasteiger partial charge in [0, 0.05) is 0 Å². The molecule has 0 N–H and O–H groups in total. The Balaban J connectivity index is 2.17. The first-order chi connectivity index (χ1) is 4.20. The van der Waals surface area contributed by atoms with Gasteiger partial charge in [-0.1, -0.05) is 0 Å². The summed E-state index contributed by atoms with van der Waals surface area (Å²) in [5, 5.41) is 0. The molecule has 0 heterocycles. The number of rotatable bonds is 2. The van der Waals surface area contributed by atoms with Crippen LogP contribution in [0.25, 0.3) is 0 Å². The molecule has 0 bridgehead atoms. The van der Waals surface area contributed by atoms with Crippen LogP contribution < -0.4 is 0 Å². The molecule has 2 nitrogen and oxygen atoms in total. The van der Waals surface area contributed by atoms with Crippen LogP contribution in [0.4, 0.5) is 4.79 Å². The second kappa shape index (κ2) is 2.86. The third-order valence-corrected chi connectivity index (χ3v) is 1.82. The Labute approximate surface area is 68.1 Å². The van der Waals surface area contributed by atoms with Gasteiger partial charge >= 0.3 is 3.98 Å². The van der Waals surface area contributed by atoms with Crippen LogP contribution in [0.2, 0.25) is 0 Å². The maximum absolute atomic E-state index is 10.4. The Morgan fingerprint density at radius 1 is 1.78 bits per heavy atom. The van der Waals surface area contributed by atoms with Gasteiger partial charge in [-0.15, -0.1) is 0 Å². The third-order valence-electron chi connectivity index (χ3n) is 1.56. The average Bonchev–Trinajstić information content (AvgIpc) is 2.40. The highest BCUT2D eigenvalue weighted by Crippen LogP contribution is 2.34. The first kappa shape index (κ1) is 7.31. The number of hydrogen-bond donors (Lipinski definition) is 0. The van der Waals surface area contributed by atoms with E-state index < -0.39 is 0 Å². The summed E-state index contributed by atoms with van der Waals surface area (Å²) in [6, 6.07) is 0. The molecule has 0 amide bonds. The maximum atomic E-state index is 10.4. The number of hydrogen-bond acceptors (Lipinski definition) is 2. The van der Waals surface area contributed by atoms with E-state index in [1.807, 2.05) is 6.92 Å². The summed E-state index contributed by atoms with van der Waals surface area (Å²) < 4.78 is 4.73. The Morgan fingerprint density at radius 2 is 2.33 bits per heavy atom. The van der Waals surface area contributed by atoms with E-state index >= 15 is 0 Å². The topological polar surface area (TPSA) is 26.3 Å². The van der Waals surface area contributed by atoms with Crippen molar-refractivity contribution in [2.45, 2.75) is 25.9 Å². The van der Waals surface area contributed by atoms with Crippen LogP contribution in [0.5, 0.6) is 0 Å². The van der Waals surface area contributed by atoms with Crippen LogP contribution in [0.1, 0.15) is 19.8 Å². The number of halogens is 1. The van der Waals surface area contributed by atoms with Gasteiger partial charge in [-0.3, -0.25) is 0 Å². The molecule has 1 rings (SSSR count). The van der Waals surface area contributed by atoms with Crippen LogP contribution in [0.3, 0.4) is 0 Å². The smallest absolute Gasteiger partial charge is 0.367 e. The number of ether oxygens (including phenoxy) is 1. The van der Waals surface area contributed by atoms with E-state index in [0.29, 0.717) is 5.92 Å². The fraction of sp³-hybridized carbons (Fsp3) is 0.833. The molecule has 9 heavy (non-hydrogen) atoms. The van der Waals surface area contributed by atoms with Crippen LogP contribution in [0, 0.1) is 5.92 Å². The van der Waals surface area contributed by atoms with E-state index in [4.69, 9.17) is 4.74 Å². The molecule has 1 aliphatic rings. The Bertz CT molecular complexity index is 120. The Kier molecular flexibility index (Phi) is 2.32. The van der Waals surface area contributed by atoms with Gasteiger partial charge in [-0.25, -0.2) is 4.79 Å². The standard InChI is InChI=1S/C6H9IO2/c1-4(5-2-3-5)9-6(7)8/h4-5H,2-3H2,1H3. The van der Waals surface area contributed by atoms with Gasteiger partial charge in [0.1, 0.15) is 6.10 Å². The Morgan fingerprint density at radius 3 is 2.67 bits per heavy atom. The molecule has 1 atom stereocenters. The summed E-state index contributed by atoms with van der Waals surface area (Å²) in [5.41, 5.74) is 0. The SMILES string of the molecule is CC(OC(=O)I)C1CC1. The molecular weight excluding hydrogens is 231 g/mol. The normalized spacial score (nSPS) is 21.1. The van der Waals surface area contributed by atoms with Crippen molar-refractivity contribution in [3.63, 3.8) is 0 Å². The largest absolute Gasteiger partial charge is 0.455 e. The van der Waals surface area contributed by atoms with Crippen molar-refractivity contribution in [2.75, 3.05) is 0 Å². The minimum Gasteiger partial charge on any atom is -0.455 e. The van der Waals surface area contributed by atoms with Crippen LogP contribution in [-0.4, -0.2) is 10.1 Å². The van der Waals surface area contributed by atoms with E-state index in [9.17, 15) is 4.79 Å². The zero-order chi connectivity index (χ0) is 6.85. The van der Waals surface area contributed by atoms with Gasteiger partial charge in [0.25, 0.3) is 0 Å². The second-order valence-electron chi connectivity index (χ2n) is 2.40. The maximum Gasteiger partial charge on any atom is 0.367 e. The summed E-state index contributed by atoms with van der Waals surface area (Å²) >= 11 is 1.66. The highest BCUT2D eigenvalue weighted by atomic mass is 127. The quantitative estimate of drug-likeness (QED) is 0.547. The van der Waals surface area contributed by atoms with Gasteiger partial charge in [-0.05, 0) is 25.7 Å². The molecule has 1 unspecified atom stereocenters.